The molecule has 16 heteroatoms. The number of nitrogens with zero attached hydrogens (tertiary/aromatic N) is 4. The fourth-order valence-corrected chi connectivity index (χ4v) is 5.22. The standard InChI is InChI=1S/C20H25ClN6O7S2/c1-19(2,3)33-17(32)20(4,5)34-25-9(12-24-18(22)36-26-12)13(28)23-10-14(29)27-11(16(30)31)8(6-21)7-35-15(10)27/h10,15H,6-7H2,1-5H3,(H,23,28)(H,30,31)(H2,22,24,26)/b25-9-/t10-,15-/m1/s1. The van der Waals surface area contributed by atoms with E-state index in [1.165, 1.54) is 25.6 Å². The Morgan fingerprint density at radius 1 is 1.31 bits per heavy atom. The highest BCUT2D eigenvalue weighted by molar-refractivity contribution is 8.00. The number of hydrogen-bond donors (Lipinski definition) is 3. The number of nitrogen functional groups attached to an aromatic ring is 1. The summed E-state index contributed by atoms with van der Waals surface area (Å²) in [7, 11) is 0. The Balaban J connectivity index is 1.82. The zero-order chi connectivity index (χ0) is 27.0. The summed E-state index contributed by atoms with van der Waals surface area (Å²) in [6, 6.07) is -1.05. The lowest BCUT2D eigenvalue weighted by atomic mass is 10.0. The number of anilines is 1. The highest BCUT2D eigenvalue weighted by Crippen LogP contribution is 2.40. The van der Waals surface area contributed by atoms with E-state index >= 15 is 0 Å². The van der Waals surface area contributed by atoms with Crippen molar-refractivity contribution >= 4 is 69.5 Å². The molecule has 0 aromatic carbocycles. The zero-order valence-corrected chi connectivity index (χ0v) is 22.4. The van der Waals surface area contributed by atoms with Gasteiger partial charge < -0.3 is 25.7 Å². The Bertz CT molecular complexity index is 1160. The molecule has 0 radical (unpaired) electrons. The third-order valence-corrected chi connectivity index (χ3v) is 7.03. The van der Waals surface area contributed by atoms with Gasteiger partial charge in [-0.2, -0.15) is 9.36 Å². The van der Waals surface area contributed by atoms with Crippen LogP contribution in [0.4, 0.5) is 5.13 Å². The van der Waals surface area contributed by atoms with Gasteiger partial charge in [-0.25, -0.2) is 9.59 Å². The monoisotopic (exact) mass is 560 g/mol. The number of hydrogen-bond acceptors (Lipinski definition) is 12. The molecule has 2 aliphatic rings. The van der Waals surface area contributed by atoms with Crippen molar-refractivity contribution in [3.05, 3.63) is 17.1 Å². The number of amides is 2. The Morgan fingerprint density at radius 3 is 2.50 bits per heavy atom. The fraction of sp³-hybridized carbons (Fsp3) is 0.550. The number of aromatic nitrogens is 2. The predicted octanol–water partition coefficient (Wildman–Crippen LogP) is 0.939. The number of fused-ring (bicyclic) bond motifs is 1. The molecule has 1 saturated heterocycles. The molecular weight excluding hydrogens is 536 g/mol. The zero-order valence-electron chi connectivity index (χ0n) is 20.0. The van der Waals surface area contributed by atoms with Gasteiger partial charge in [0, 0.05) is 23.2 Å². The summed E-state index contributed by atoms with van der Waals surface area (Å²) < 4.78 is 9.29. The van der Waals surface area contributed by atoms with E-state index in [1.807, 2.05) is 0 Å². The van der Waals surface area contributed by atoms with Crippen LogP contribution in [0.25, 0.3) is 0 Å². The summed E-state index contributed by atoms with van der Waals surface area (Å²) in [5, 5.41) is 15.3. The maximum absolute atomic E-state index is 13.1. The van der Waals surface area contributed by atoms with Crippen LogP contribution in [0.5, 0.6) is 0 Å². The van der Waals surface area contributed by atoms with Gasteiger partial charge >= 0.3 is 11.9 Å². The van der Waals surface area contributed by atoms with E-state index in [9.17, 15) is 24.3 Å². The Morgan fingerprint density at radius 2 is 1.97 bits per heavy atom. The number of ether oxygens (including phenoxy) is 1. The van der Waals surface area contributed by atoms with Gasteiger partial charge in [0.1, 0.15) is 22.7 Å². The number of carboxylic acids is 1. The minimum absolute atomic E-state index is 0.0410. The molecule has 0 unspecified atom stereocenters. The number of thioether (sulfide) groups is 1. The second-order valence-corrected chi connectivity index (χ2v) is 11.4. The number of esters is 1. The molecule has 36 heavy (non-hydrogen) atoms. The predicted molar refractivity (Wildman–Crippen MR) is 132 cm³/mol. The van der Waals surface area contributed by atoms with Crippen LogP contribution >= 0.6 is 34.9 Å². The molecule has 2 amide bonds. The lowest BCUT2D eigenvalue weighted by Crippen LogP contribution is -2.71. The summed E-state index contributed by atoms with van der Waals surface area (Å²) in [5.74, 6) is -3.45. The van der Waals surface area contributed by atoms with Gasteiger partial charge in [0.15, 0.2) is 5.13 Å². The number of nitrogens with two attached hydrogens (primary N) is 1. The van der Waals surface area contributed by atoms with Crippen molar-refractivity contribution in [3.8, 4) is 0 Å². The third-order valence-electron chi connectivity index (χ3n) is 4.82. The fourth-order valence-electron chi connectivity index (χ4n) is 3.11. The van der Waals surface area contributed by atoms with E-state index in [0.717, 1.165) is 16.4 Å². The van der Waals surface area contributed by atoms with Crippen LogP contribution in [0.2, 0.25) is 0 Å². The first-order chi connectivity index (χ1) is 16.7. The number of halogens is 1. The minimum Gasteiger partial charge on any atom is -0.477 e. The average Bonchev–Trinajstić information content (AvgIpc) is 3.20. The molecule has 3 heterocycles. The first-order valence-electron chi connectivity index (χ1n) is 10.5. The van der Waals surface area contributed by atoms with E-state index in [-0.39, 0.29) is 28.3 Å². The van der Waals surface area contributed by atoms with Crippen LogP contribution in [-0.2, 0) is 28.8 Å². The van der Waals surface area contributed by atoms with E-state index in [0.29, 0.717) is 5.57 Å². The Hall–Kier alpha value is -2.91. The van der Waals surface area contributed by atoms with Gasteiger partial charge in [0.05, 0.1) is 0 Å². The second kappa shape index (κ2) is 10.2. The Kier molecular flexibility index (Phi) is 7.86. The summed E-state index contributed by atoms with van der Waals surface area (Å²) in [6.45, 7) is 7.88. The quantitative estimate of drug-likeness (QED) is 0.135. The number of carbonyl (C=O) groups excluding carboxylic acids is 3. The highest BCUT2D eigenvalue weighted by atomic mass is 35.5. The van der Waals surface area contributed by atoms with Gasteiger partial charge in [-0.15, -0.1) is 23.4 Å². The summed E-state index contributed by atoms with van der Waals surface area (Å²) in [5.41, 5.74) is 3.07. The first kappa shape index (κ1) is 27.7. The number of β-lactam (4-membered cyclic amide) rings is 1. The van der Waals surface area contributed by atoms with Gasteiger partial charge in [0.25, 0.3) is 11.8 Å². The molecule has 196 valence electrons. The molecular formula is C20H25ClN6O7S2. The van der Waals surface area contributed by atoms with Crippen molar-refractivity contribution in [2.45, 2.75) is 57.2 Å². The van der Waals surface area contributed by atoms with Crippen LogP contribution < -0.4 is 11.1 Å². The highest BCUT2D eigenvalue weighted by Gasteiger charge is 2.54. The van der Waals surface area contributed by atoms with E-state index in [1.54, 1.807) is 20.8 Å². The van der Waals surface area contributed by atoms with Crippen molar-refractivity contribution in [1.82, 2.24) is 19.6 Å². The van der Waals surface area contributed by atoms with Crippen molar-refractivity contribution in [1.29, 1.82) is 0 Å². The maximum atomic E-state index is 13.1. The van der Waals surface area contributed by atoms with Crippen molar-refractivity contribution < 1.29 is 33.9 Å². The lowest BCUT2D eigenvalue weighted by Gasteiger charge is -2.49. The van der Waals surface area contributed by atoms with Crippen molar-refractivity contribution in [2.75, 3.05) is 17.4 Å². The summed E-state index contributed by atoms with van der Waals surface area (Å²) in [6.07, 6.45) is 0. The molecule has 0 spiro atoms. The number of aliphatic carboxylic acids is 1. The average molecular weight is 561 g/mol. The number of alkyl halides is 1. The minimum atomic E-state index is -1.58. The molecule has 3 rings (SSSR count). The van der Waals surface area contributed by atoms with Crippen LogP contribution in [0.15, 0.2) is 16.4 Å². The van der Waals surface area contributed by atoms with Crippen LogP contribution in [-0.4, -0.2) is 83.1 Å². The van der Waals surface area contributed by atoms with Crippen LogP contribution in [0, 0.1) is 0 Å². The second-order valence-electron chi connectivity index (χ2n) is 9.25. The van der Waals surface area contributed by atoms with Gasteiger partial charge in [-0.3, -0.25) is 14.5 Å². The molecule has 0 bridgehead atoms. The van der Waals surface area contributed by atoms with Crippen molar-refractivity contribution in [2.24, 2.45) is 5.16 Å². The molecule has 0 aliphatic carbocycles. The van der Waals surface area contributed by atoms with E-state index < -0.39 is 52.1 Å². The molecule has 2 atom stereocenters. The molecule has 4 N–H and O–H groups in total. The number of oxime groups is 1. The Labute approximate surface area is 219 Å². The molecule has 1 fully saturated rings. The number of rotatable bonds is 8. The normalized spacial score (nSPS) is 20.4. The third kappa shape index (κ3) is 5.73. The topological polar surface area (TPSA) is 186 Å². The van der Waals surface area contributed by atoms with Crippen molar-refractivity contribution in [3.63, 3.8) is 0 Å². The van der Waals surface area contributed by atoms with E-state index in [4.69, 9.17) is 26.9 Å². The molecule has 2 aliphatic heterocycles. The first-order valence-corrected chi connectivity index (χ1v) is 12.9. The summed E-state index contributed by atoms with van der Waals surface area (Å²) in [4.78, 5) is 60.5. The van der Waals surface area contributed by atoms with Gasteiger partial charge in [-0.1, -0.05) is 5.16 Å². The molecule has 1 aromatic heterocycles. The van der Waals surface area contributed by atoms with Gasteiger partial charge in [0.2, 0.25) is 17.1 Å². The maximum Gasteiger partial charge on any atom is 0.353 e. The molecule has 13 nitrogen and oxygen atoms in total. The van der Waals surface area contributed by atoms with Crippen LogP contribution in [0.1, 0.15) is 40.4 Å². The number of carboxylic acid groups (broad SMARTS) is 1. The SMILES string of the molecule is CC(C)(C)OC(=O)C(C)(C)O/N=C(\C(=O)N[C@@H]1C(=O)N2C(C(=O)O)=C(CCl)CS[C@H]12)c1nsc(N)n1. The molecule has 1 aromatic rings. The lowest BCUT2D eigenvalue weighted by molar-refractivity contribution is -0.179. The summed E-state index contributed by atoms with van der Waals surface area (Å²) >= 11 is 7.91. The smallest absolute Gasteiger partial charge is 0.353 e. The van der Waals surface area contributed by atoms with Crippen LogP contribution in [0.3, 0.4) is 0 Å². The molecule has 0 saturated carbocycles. The largest absolute Gasteiger partial charge is 0.477 e. The number of carbonyl (C=O) groups is 4. The van der Waals surface area contributed by atoms with E-state index in [2.05, 4.69) is 19.8 Å². The van der Waals surface area contributed by atoms with Gasteiger partial charge in [-0.05, 0) is 40.2 Å². The number of nitrogens with one attached hydrogen (secondary N) is 1.